The maximum atomic E-state index is 15.9. The zero-order valence-corrected chi connectivity index (χ0v) is 36.1. The number of imide groups is 1. The molecule has 0 aliphatic carbocycles. The van der Waals surface area contributed by atoms with E-state index >= 15 is 4.39 Å². The number of aromatic nitrogens is 3. The summed E-state index contributed by atoms with van der Waals surface area (Å²) in [4.78, 5) is 81.7. The first-order valence-corrected chi connectivity index (χ1v) is 23.0. The van der Waals surface area contributed by atoms with Gasteiger partial charge in [-0.05, 0) is 104 Å². The van der Waals surface area contributed by atoms with Gasteiger partial charge in [-0.1, -0.05) is 24.3 Å². The van der Waals surface area contributed by atoms with E-state index < -0.39 is 29.7 Å². The maximum absolute atomic E-state index is 15.9. The van der Waals surface area contributed by atoms with E-state index in [1.54, 1.807) is 24.0 Å². The number of carbonyl (C=O) groups excluding carboxylic acids is 5. The third-order valence-electron chi connectivity index (χ3n) is 13.4. The molecule has 0 bridgehead atoms. The Kier molecular flexibility index (Phi) is 11.4. The molecule has 17 heteroatoms. The van der Waals surface area contributed by atoms with Crippen molar-refractivity contribution in [3.63, 3.8) is 0 Å². The predicted molar refractivity (Wildman–Crippen MR) is 239 cm³/mol. The lowest BCUT2D eigenvalue weighted by Crippen LogP contribution is -2.51. The number of aryl methyl sites for hydroxylation is 1. The number of nitrogens with one attached hydrogen (secondary N) is 3. The molecule has 5 amide bonds. The van der Waals surface area contributed by atoms with Gasteiger partial charge < -0.3 is 24.6 Å². The van der Waals surface area contributed by atoms with Crippen molar-refractivity contribution in [2.75, 3.05) is 61.3 Å². The number of halogens is 1. The highest BCUT2D eigenvalue weighted by Crippen LogP contribution is 2.38. The second-order valence-corrected chi connectivity index (χ2v) is 18.1. The molecular weight excluding hydrogens is 836 g/mol. The van der Waals surface area contributed by atoms with Crippen LogP contribution in [0.25, 0.3) is 11.1 Å². The fraction of sp³-hybridized carbons (Fsp3) is 0.383. The first kappa shape index (κ1) is 41.5. The number of carbonyl (C=O) groups is 5. The number of benzene rings is 3. The van der Waals surface area contributed by atoms with Crippen molar-refractivity contribution in [1.82, 2.24) is 34.6 Å². The van der Waals surface area contributed by atoms with Crippen LogP contribution in [0.1, 0.15) is 76.9 Å². The van der Waals surface area contributed by atoms with E-state index in [2.05, 4.69) is 47.9 Å². The van der Waals surface area contributed by atoms with Gasteiger partial charge in [-0.25, -0.2) is 14.4 Å². The molecule has 3 aromatic carbocycles. The summed E-state index contributed by atoms with van der Waals surface area (Å²) in [7, 11) is 0. The Labute approximate surface area is 373 Å². The van der Waals surface area contributed by atoms with Crippen molar-refractivity contribution < 1.29 is 28.4 Å². The minimum Gasteiger partial charge on any atom is -0.374 e. The fourth-order valence-corrected chi connectivity index (χ4v) is 10.4. The fourth-order valence-electron chi connectivity index (χ4n) is 9.84. The van der Waals surface area contributed by atoms with Crippen molar-refractivity contribution in [3.05, 3.63) is 112 Å². The Morgan fingerprint density at radius 2 is 1.66 bits per heavy atom. The lowest BCUT2D eigenvalue weighted by molar-refractivity contribution is -0.134. The largest absolute Gasteiger partial charge is 0.374 e. The molecule has 3 saturated heterocycles. The van der Waals surface area contributed by atoms with Gasteiger partial charge in [0.1, 0.15) is 11.9 Å². The van der Waals surface area contributed by atoms with E-state index in [0.29, 0.717) is 67.9 Å². The molecule has 15 nitrogen and oxygen atoms in total. The smallest absolute Gasteiger partial charge is 0.255 e. The summed E-state index contributed by atoms with van der Waals surface area (Å²) in [6.07, 6.45) is 7.71. The van der Waals surface area contributed by atoms with Gasteiger partial charge in [0.05, 0.1) is 25.1 Å². The summed E-state index contributed by atoms with van der Waals surface area (Å²) in [5.74, 6) is -1.33. The second-order valence-electron chi connectivity index (χ2n) is 17.3. The highest BCUT2D eigenvalue weighted by atomic mass is 32.1. The van der Waals surface area contributed by atoms with Crippen molar-refractivity contribution in [1.29, 1.82) is 0 Å². The molecule has 3 N–H and O–H groups in total. The van der Waals surface area contributed by atoms with Crippen LogP contribution in [0.4, 0.5) is 20.9 Å². The highest BCUT2D eigenvalue weighted by molar-refractivity contribution is 7.13. The number of thiazole rings is 1. The summed E-state index contributed by atoms with van der Waals surface area (Å²) in [5, 5.41) is 10.6. The molecule has 2 atom stereocenters. The third kappa shape index (κ3) is 8.36. The van der Waals surface area contributed by atoms with E-state index in [-0.39, 0.29) is 35.4 Å². The molecule has 0 spiro atoms. The molecule has 64 heavy (non-hydrogen) atoms. The molecule has 0 radical (unpaired) electrons. The molecule has 2 unspecified atom stereocenters. The van der Waals surface area contributed by atoms with Crippen LogP contribution in [0.2, 0.25) is 0 Å². The number of rotatable bonds is 11. The highest BCUT2D eigenvalue weighted by Gasteiger charge is 2.42. The van der Waals surface area contributed by atoms with Gasteiger partial charge in [-0.15, -0.1) is 11.3 Å². The van der Waals surface area contributed by atoms with Crippen LogP contribution < -0.4 is 20.9 Å². The summed E-state index contributed by atoms with van der Waals surface area (Å²) in [6, 6.07) is 17.8. The average molecular weight is 885 g/mol. The Bertz CT molecular complexity index is 2580. The van der Waals surface area contributed by atoms with E-state index in [9.17, 15) is 24.0 Å². The quantitative estimate of drug-likeness (QED) is 0.151. The van der Waals surface area contributed by atoms with E-state index in [1.807, 2.05) is 45.9 Å². The monoisotopic (exact) mass is 884 g/mol. The van der Waals surface area contributed by atoms with Crippen molar-refractivity contribution >= 4 is 57.4 Å². The minimum absolute atomic E-state index is 0.0557. The number of fused-ring (bicyclic) bond motifs is 2. The number of nitrogens with zero attached hydrogens (tertiary/aromatic N) is 7. The summed E-state index contributed by atoms with van der Waals surface area (Å²) < 4.78 is 18.0. The van der Waals surface area contributed by atoms with Gasteiger partial charge in [0.15, 0.2) is 11.2 Å². The van der Waals surface area contributed by atoms with Crippen LogP contribution in [0.15, 0.2) is 78.6 Å². The summed E-state index contributed by atoms with van der Waals surface area (Å²) >= 11 is 1.28. The number of hydrogen-bond donors (Lipinski definition) is 3. The zero-order valence-electron chi connectivity index (χ0n) is 35.3. The SMILES string of the molecule is O=C1CCC(Nc2ccc(C3CCN(CC(=O)N4CCN(c5ccc(-c6cc(F)c7c(c6)C(=O)N(C(C(=O)Nc6nccs6)c6ncn8c6CCC8)C7)cc5)CC4)CC3)cc2)C(=O)N1. The number of hydrogen-bond acceptors (Lipinski definition) is 11. The Morgan fingerprint density at radius 1 is 0.875 bits per heavy atom. The van der Waals surface area contributed by atoms with Gasteiger partial charge in [0.25, 0.3) is 11.8 Å². The topological polar surface area (TPSA) is 165 Å². The van der Waals surface area contributed by atoms with Crippen LogP contribution in [-0.4, -0.2) is 111 Å². The summed E-state index contributed by atoms with van der Waals surface area (Å²) in [6.45, 7) is 5.45. The Balaban J connectivity index is 0.722. The van der Waals surface area contributed by atoms with Gasteiger partial charge >= 0.3 is 0 Å². The predicted octanol–water partition coefficient (Wildman–Crippen LogP) is 5.17. The van der Waals surface area contributed by atoms with Gasteiger partial charge in [0.2, 0.25) is 17.7 Å². The van der Waals surface area contributed by atoms with E-state index in [4.69, 9.17) is 0 Å². The number of anilines is 3. The third-order valence-corrected chi connectivity index (χ3v) is 14.1. The van der Waals surface area contributed by atoms with Gasteiger partial charge in [0, 0.05) is 78.9 Å². The molecule has 3 fully saturated rings. The standard InChI is InChI=1S/C47H49FN10O5S/c48-37-25-32(24-35-36(37)26-58(46(35)63)43(45(62)53-47-49-15-23-64-47)42-39-2-1-16-57(39)28-50-42)30-5-9-34(10-6-30)55-19-21-56(22-20-55)41(60)27-54-17-13-31(14-18-54)29-3-7-33(8-4-29)51-38-11-12-40(59)52-44(38)61/h3-10,15,23-25,28,31,38,43,51H,1-2,11-14,16-22,26-27H2,(H,49,53,62)(H,52,59,61). The molecule has 330 valence electrons. The van der Waals surface area contributed by atoms with E-state index in [1.165, 1.54) is 27.9 Å². The maximum Gasteiger partial charge on any atom is 0.255 e. The Hall–Kier alpha value is -6.46. The van der Waals surface area contributed by atoms with Crippen LogP contribution >= 0.6 is 11.3 Å². The van der Waals surface area contributed by atoms with Crippen LogP contribution in [0, 0.1) is 5.82 Å². The molecule has 0 saturated carbocycles. The number of likely N-dealkylation sites (tertiary alicyclic amines) is 1. The van der Waals surface area contributed by atoms with E-state index in [0.717, 1.165) is 67.9 Å². The zero-order chi connectivity index (χ0) is 43.9. The van der Waals surface area contributed by atoms with Crippen LogP contribution in [0.5, 0.6) is 0 Å². The number of piperazine rings is 1. The van der Waals surface area contributed by atoms with Crippen LogP contribution in [0.3, 0.4) is 0 Å². The first-order chi connectivity index (χ1) is 31.1. The molecule has 5 aliphatic rings. The first-order valence-electron chi connectivity index (χ1n) is 22.1. The molecule has 2 aromatic heterocycles. The van der Waals surface area contributed by atoms with Crippen molar-refractivity contribution in [2.24, 2.45) is 0 Å². The minimum atomic E-state index is -1.05. The Morgan fingerprint density at radius 3 is 2.39 bits per heavy atom. The normalized spacial score (nSPS) is 19.7. The van der Waals surface area contributed by atoms with Gasteiger partial charge in [-0.2, -0.15) is 0 Å². The lowest BCUT2D eigenvalue weighted by atomic mass is 9.89. The summed E-state index contributed by atoms with van der Waals surface area (Å²) in [5.41, 5.74) is 6.36. The number of imidazole rings is 1. The molecule has 7 heterocycles. The second kappa shape index (κ2) is 17.6. The molecule has 5 aromatic rings. The van der Waals surface area contributed by atoms with Gasteiger partial charge in [-0.3, -0.25) is 39.5 Å². The molecule has 10 rings (SSSR count). The molecular formula is C47H49FN10O5S. The van der Waals surface area contributed by atoms with Crippen molar-refractivity contribution in [2.45, 2.75) is 69.6 Å². The number of piperidine rings is 2. The molecule has 5 aliphatic heterocycles. The lowest BCUT2D eigenvalue weighted by Gasteiger charge is -2.38. The number of amides is 5. The van der Waals surface area contributed by atoms with Crippen molar-refractivity contribution in [3.8, 4) is 11.1 Å². The van der Waals surface area contributed by atoms with Crippen LogP contribution in [-0.2, 0) is 38.7 Å². The average Bonchev–Trinajstić information content (AvgIpc) is 4.14.